The van der Waals surface area contributed by atoms with E-state index in [1.54, 1.807) is 12.1 Å². The number of rotatable bonds is 5. The van der Waals surface area contributed by atoms with E-state index in [1.807, 2.05) is 23.5 Å². The minimum Gasteiger partial charge on any atom is -0.478 e. The van der Waals surface area contributed by atoms with E-state index in [-0.39, 0.29) is 5.41 Å². The Kier molecular flexibility index (Phi) is 5.18. The smallest absolute Gasteiger partial charge is 0.335 e. The van der Waals surface area contributed by atoms with Gasteiger partial charge in [-0.2, -0.15) is 0 Å². The van der Waals surface area contributed by atoms with Crippen LogP contribution in [0.15, 0.2) is 60.7 Å². The zero-order chi connectivity index (χ0) is 20.6. The standard InChI is InChI=1S/C26H26O2S/c1-17-4-13-24(29-17)21-14-15-26(2,3)23-12-9-19(16-22(21)23)6-5-18-7-10-20(11-8-18)25(27)28/h4,7-14,16H,5-6,15H2,1-3H3,(H,27,28). The third-order valence-corrected chi connectivity index (χ3v) is 6.86. The third kappa shape index (κ3) is 4.06. The van der Waals surface area contributed by atoms with E-state index in [2.05, 4.69) is 57.2 Å². The molecule has 2 nitrogen and oxygen atoms in total. The molecule has 0 spiro atoms. The second-order valence-corrected chi connectivity index (χ2v) is 9.79. The number of allylic oxidation sites excluding steroid dienone is 1. The summed E-state index contributed by atoms with van der Waals surface area (Å²) < 4.78 is 0. The maximum atomic E-state index is 11.0. The van der Waals surface area contributed by atoms with Gasteiger partial charge in [0.25, 0.3) is 0 Å². The zero-order valence-corrected chi connectivity index (χ0v) is 18.0. The Morgan fingerprint density at radius 2 is 1.69 bits per heavy atom. The van der Waals surface area contributed by atoms with Gasteiger partial charge in [0, 0.05) is 9.75 Å². The second-order valence-electron chi connectivity index (χ2n) is 8.50. The molecule has 29 heavy (non-hydrogen) atoms. The van der Waals surface area contributed by atoms with Crippen molar-refractivity contribution in [3.05, 3.63) is 98.2 Å². The molecule has 4 rings (SSSR count). The van der Waals surface area contributed by atoms with Crippen molar-refractivity contribution in [1.82, 2.24) is 0 Å². The predicted molar refractivity (Wildman–Crippen MR) is 121 cm³/mol. The molecule has 0 radical (unpaired) electrons. The van der Waals surface area contributed by atoms with Gasteiger partial charge < -0.3 is 5.11 Å². The van der Waals surface area contributed by atoms with Crippen molar-refractivity contribution in [3.8, 4) is 0 Å². The Hall–Kier alpha value is -2.65. The molecule has 0 unspecified atom stereocenters. The lowest BCUT2D eigenvalue weighted by Gasteiger charge is -2.32. The van der Waals surface area contributed by atoms with Gasteiger partial charge in [0.1, 0.15) is 0 Å². The number of benzene rings is 2. The lowest BCUT2D eigenvalue weighted by Crippen LogP contribution is -2.21. The fourth-order valence-electron chi connectivity index (χ4n) is 4.05. The maximum Gasteiger partial charge on any atom is 0.335 e. The molecule has 1 N–H and O–H groups in total. The Balaban J connectivity index is 1.60. The summed E-state index contributed by atoms with van der Waals surface area (Å²) in [4.78, 5) is 13.7. The SMILES string of the molecule is Cc1ccc(C2=CCC(C)(C)c3ccc(CCc4ccc(C(=O)O)cc4)cc32)s1. The van der Waals surface area contributed by atoms with Crippen LogP contribution in [0.25, 0.3) is 5.57 Å². The number of carboxylic acids is 1. The number of aryl methyl sites for hydroxylation is 3. The molecule has 148 valence electrons. The van der Waals surface area contributed by atoms with E-state index in [4.69, 9.17) is 5.11 Å². The van der Waals surface area contributed by atoms with Gasteiger partial charge >= 0.3 is 5.97 Å². The molecule has 0 bridgehead atoms. The van der Waals surface area contributed by atoms with Crippen LogP contribution in [0, 0.1) is 6.92 Å². The van der Waals surface area contributed by atoms with Gasteiger partial charge in [-0.25, -0.2) is 4.79 Å². The molecule has 0 saturated heterocycles. The highest BCUT2D eigenvalue weighted by atomic mass is 32.1. The highest BCUT2D eigenvalue weighted by Gasteiger charge is 2.29. The molecule has 0 amide bonds. The zero-order valence-electron chi connectivity index (χ0n) is 17.2. The number of fused-ring (bicyclic) bond motifs is 1. The van der Waals surface area contributed by atoms with Gasteiger partial charge in [-0.05, 0) is 83.7 Å². The largest absolute Gasteiger partial charge is 0.478 e. The van der Waals surface area contributed by atoms with Crippen LogP contribution in [0.2, 0.25) is 0 Å². The minimum absolute atomic E-state index is 0.149. The quantitative estimate of drug-likeness (QED) is 0.518. The van der Waals surface area contributed by atoms with E-state index < -0.39 is 5.97 Å². The van der Waals surface area contributed by atoms with Gasteiger partial charge in [0.15, 0.2) is 0 Å². The Labute approximate surface area is 176 Å². The van der Waals surface area contributed by atoms with Gasteiger partial charge in [0.05, 0.1) is 5.56 Å². The van der Waals surface area contributed by atoms with Crippen LogP contribution < -0.4 is 0 Å². The fourth-order valence-corrected chi connectivity index (χ4v) is 4.97. The lowest BCUT2D eigenvalue weighted by atomic mass is 9.72. The van der Waals surface area contributed by atoms with Crippen LogP contribution >= 0.6 is 11.3 Å². The molecule has 1 aromatic heterocycles. The normalized spacial score (nSPS) is 14.9. The molecule has 0 atom stereocenters. The van der Waals surface area contributed by atoms with Crippen molar-refractivity contribution in [2.24, 2.45) is 0 Å². The van der Waals surface area contributed by atoms with Crippen LogP contribution in [0.1, 0.15) is 62.6 Å². The number of hydrogen-bond donors (Lipinski definition) is 1. The van der Waals surface area contributed by atoms with Crippen molar-refractivity contribution in [2.45, 2.75) is 45.4 Å². The van der Waals surface area contributed by atoms with Gasteiger partial charge in [-0.15, -0.1) is 11.3 Å². The van der Waals surface area contributed by atoms with Gasteiger partial charge in [0.2, 0.25) is 0 Å². The van der Waals surface area contributed by atoms with E-state index in [0.29, 0.717) is 5.56 Å². The van der Waals surface area contributed by atoms with Crippen LogP contribution in [0.3, 0.4) is 0 Å². The number of carboxylic acid groups (broad SMARTS) is 1. The molecule has 3 heteroatoms. The summed E-state index contributed by atoms with van der Waals surface area (Å²) in [6.45, 7) is 6.80. The van der Waals surface area contributed by atoms with Crippen LogP contribution in [0.5, 0.6) is 0 Å². The van der Waals surface area contributed by atoms with Crippen molar-refractivity contribution in [1.29, 1.82) is 0 Å². The predicted octanol–water partition coefficient (Wildman–Crippen LogP) is 6.65. The third-order valence-electron chi connectivity index (χ3n) is 5.83. The molecule has 0 fully saturated rings. The van der Waals surface area contributed by atoms with Crippen LogP contribution in [0.4, 0.5) is 0 Å². The van der Waals surface area contributed by atoms with Crippen molar-refractivity contribution in [3.63, 3.8) is 0 Å². The first-order chi connectivity index (χ1) is 13.8. The number of thiophene rings is 1. The first kappa shape index (κ1) is 19.7. The maximum absolute atomic E-state index is 11.0. The van der Waals surface area contributed by atoms with Crippen molar-refractivity contribution < 1.29 is 9.90 Å². The minimum atomic E-state index is -0.878. The highest BCUT2D eigenvalue weighted by Crippen LogP contribution is 2.43. The fraction of sp³-hybridized carbons (Fsp3) is 0.269. The first-order valence-electron chi connectivity index (χ1n) is 10.1. The molecule has 0 saturated carbocycles. The molecule has 3 aromatic rings. The average Bonchev–Trinajstić information content (AvgIpc) is 3.12. The first-order valence-corrected chi connectivity index (χ1v) is 10.9. The Morgan fingerprint density at radius 1 is 1.00 bits per heavy atom. The van der Waals surface area contributed by atoms with E-state index in [0.717, 1.165) is 24.8 Å². The number of hydrogen-bond acceptors (Lipinski definition) is 2. The van der Waals surface area contributed by atoms with E-state index >= 15 is 0 Å². The Bertz CT molecular complexity index is 1080. The summed E-state index contributed by atoms with van der Waals surface area (Å²) in [5.74, 6) is -0.878. The number of carbonyl (C=O) groups is 1. The Morgan fingerprint density at radius 3 is 2.34 bits per heavy atom. The van der Waals surface area contributed by atoms with Gasteiger partial charge in [-0.3, -0.25) is 0 Å². The number of aromatic carboxylic acids is 1. The molecular formula is C26H26O2S. The molecular weight excluding hydrogens is 376 g/mol. The molecule has 1 aliphatic rings. The summed E-state index contributed by atoms with van der Waals surface area (Å²) in [5.41, 5.74) is 7.13. The summed E-state index contributed by atoms with van der Waals surface area (Å²) in [6.07, 6.45) is 5.31. The van der Waals surface area contributed by atoms with E-state index in [1.165, 1.54) is 32.0 Å². The van der Waals surface area contributed by atoms with Gasteiger partial charge in [-0.1, -0.05) is 50.3 Å². The van der Waals surface area contributed by atoms with E-state index in [9.17, 15) is 4.79 Å². The average molecular weight is 403 g/mol. The summed E-state index contributed by atoms with van der Waals surface area (Å²) in [7, 11) is 0. The van der Waals surface area contributed by atoms with Crippen molar-refractivity contribution in [2.75, 3.05) is 0 Å². The van der Waals surface area contributed by atoms with Crippen molar-refractivity contribution >= 4 is 22.9 Å². The second kappa shape index (κ2) is 7.64. The lowest BCUT2D eigenvalue weighted by molar-refractivity contribution is 0.0697. The highest BCUT2D eigenvalue weighted by molar-refractivity contribution is 7.13. The summed E-state index contributed by atoms with van der Waals surface area (Å²) in [6, 6.07) is 18.6. The topological polar surface area (TPSA) is 37.3 Å². The monoisotopic (exact) mass is 402 g/mol. The molecule has 1 heterocycles. The molecule has 1 aliphatic carbocycles. The molecule has 2 aromatic carbocycles. The molecule has 0 aliphatic heterocycles. The summed E-state index contributed by atoms with van der Waals surface area (Å²) >= 11 is 1.86. The van der Waals surface area contributed by atoms with Crippen LogP contribution in [-0.2, 0) is 18.3 Å². The summed E-state index contributed by atoms with van der Waals surface area (Å²) in [5, 5.41) is 9.05. The van der Waals surface area contributed by atoms with Crippen LogP contribution in [-0.4, -0.2) is 11.1 Å².